The van der Waals surface area contributed by atoms with E-state index in [2.05, 4.69) is 0 Å². The Morgan fingerprint density at radius 2 is 2.22 bits per heavy atom. The van der Waals surface area contributed by atoms with Crippen LogP contribution in [-0.2, 0) is 0 Å². The summed E-state index contributed by atoms with van der Waals surface area (Å²) in [6.07, 6.45) is 0. The lowest BCUT2D eigenvalue weighted by molar-refractivity contribution is 0.0890. The van der Waals surface area contributed by atoms with Gasteiger partial charge in [-0.3, -0.25) is 9.69 Å². The molecule has 4 nitrogen and oxygen atoms in total. The normalized spacial score (nSPS) is 12.6. The van der Waals surface area contributed by atoms with Gasteiger partial charge in [-0.05, 0) is 32.2 Å². The molecular weight excluding hydrogens is 237 g/mol. The number of Topliss-reactive ketones (excluding diaryl/α,β-unsaturated/α-hetero) is 1. The molecule has 0 spiro atoms. The lowest BCUT2D eigenvalue weighted by Gasteiger charge is -2.21. The molecule has 5 heteroatoms. The topological polar surface area (TPSA) is 49.8 Å². The first-order valence-corrected chi connectivity index (χ1v) is 5.67. The van der Waals surface area contributed by atoms with Gasteiger partial charge in [0.25, 0.3) is 0 Å². The van der Waals surface area contributed by atoms with E-state index in [1.165, 1.54) is 25.3 Å². The van der Waals surface area contributed by atoms with Gasteiger partial charge in [-0.15, -0.1) is 0 Å². The number of carbonyl (C=O) groups excluding carboxylic acids is 1. The maximum absolute atomic E-state index is 13.4. The van der Waals surface area contributed by atoms with Gasteiger partial charge < -0.3 is 9.84 Å². The van der Waals surface area contributed by atoms with E-state index in [1.807, 2.05) is 6.92 Å². The largest absolute Gasteiger partial charge is 0.494 e. The number of hydrogen-bond donors (Lipinski definition) is 1. The second-order valence-electron chi connectivity index (χ2n) is 4.22. The third kappa shape index (κ3) is 3.51. The third-order valence-electron chi connectivity index (χ3n) is 2.88. The summed E-state index contributed by atoms with van der Waals surface area (Å²) in [7, 11) is 3.11. The number of hydrogen-bond acceptors (Lipinski definition) is 4. The molecule has 1 aromatic rings. The van der Waals surface area contributed by atoms with Gasteiger partial charge in [-0.1, -0.05) is 0 Å². The molecule has 0 aliphatic rings. The fourth-order valence-corrected chi connectivity index (χ4v) is 1.45. The number of carbonyl (C=O) groups is 1. The second kappa shape index (κ2) is 6.47. The van der Waals surface area contributed by atoms with Gasteiger partial charge in [0.2, 0.25) is 0 Å². The van der Waals surface area contributed by atoms with Crippen molar-refractivity contribution in [1.82, 2.24) is 4.90 Å². The first kappa shape index (κ1) is 14.6. The quantitative estimate of drug-likeness (QED) is 0.779. The third-order valence-corrected chi connectivity index (χ3v) is 2.88. The van der Waals surface area contributed by atoms with Crippen LogP contribution in [0.2, 0.25) is 0 Å². The molecule has 1 atom stereocenters. The van der Waals surface area contributed by atoms with Gasteiger partial charge >= 0.3 is 0 Å². The molecule has 0 aromatic heterocycles. The van der Waals surface area contributed by atoms with Crippen LogP contribution in [0.5, 0.6) is 5.75 Å². The Labute approximate surface area is 106 Å². The number of methoxy groups -OCH3 is 1. The Morgan fingerprint density at radius 1 is 1.56 bits per heavy atom. The van der Waals surface area contributed by atoms with Gasteiger partial charge in [0, 0.05) is 11.6 Å². The van der Waals surface area contributed by atoms with Gasteiger partial charge in [0.05, 0.1) is 20.3 Å². The summed E-state index contributed by atoms with van der Waals surface area (Å²) in [5, 5.41) is 8.97. The van der Waals surface area contributed by atoms with Gasteiger partial charge in [0.1, 0.15) is 0 Å². The summed E-state index contributed by atoms with van der Waals surface area (Å²) in [6, 6.07) is 4.01. The fourth-order valence-electron chi connectivity index (χ4n) is 1.45. The highest BCUT2D eigenvalue weighted by Gasteiger charge is 2.15. The van der Waals surface area contributed by atoms with Crippen molar-refractivity contribution in [2.24, 2.45) is 0 Å². The van der Waals surface area contributed by atoms with Gasteiger partial charge in [0.15, 0.2) is 17.3 Å². The standard InChI is InChI=1S/C13H18FNO3/c1-9(8-16)15(2)7-12(17)10-4-5-13(18-3)11(14)6-10/h4-6,9,16H,7-8H2,1-3H3. The number of ether oxygens (including phenoxy) is 1. The zero-order valence-electron chi connectivity index (χ0n) is 10.8. The molecule has 18 heavy (non-hydrogen) atoms. The summed E-state index contributed by atoms with van der Waals surface area (Å²) in [6.45, 7) is 1.91. The van der Waals surface area contributed by atoms with E-state index >= 15 is 0 Å². The summed E-state index contributed by atoms with van der Waals surface area (Å²) in [5.41, 5.74) is 0.297. The van der Waals surface area contributed by atoms with E-state index in [-0.39, 0.29) is 30.7 Å². The number of nitrogens with zero attached hydrogens (tertiary/aromatic N) is 1. The van der Waals surface area contributed by atoms with Crippen molar-refractivity contribution in [3.63, 3.8) is 0 Å². The molecule has 0 heterocycles. The van der Waals surface area contributed by atoms with Crippen LogP contribution in [-0.4, -0.2) is 49.1 Å². The van der Waals surface area contributed by atoms with E-state index in [1.54, 1.807) is 11.9 Å². The van der Waals surface area contributed by atoms with Gasteiger partial charge in [-0.25, -0.2) is 4.39 Å². The minimum atomic E-state index is -0.554. The highest BCUT2D eigenvalue weighted by Crippen LogP contribution is 2.18. The van der Waals surface area contributed by atoms with Crippen molar-refractivity contribution in [3.8, 4) is 5.75 Å². The molecule has 1 unspecified atom stereocenters. The molecule has 1 rings (SSSR count). The molecule has 0 fully saturated rings. The molecule has 0 aliphatic carbocycles. The molecule has 0 aliphatic heterocycles. The van der Waals surface area contributed by atoms with Crippen LogP contribution in [0, 0.1) is 5.82 Å². The number of benzene rings is 1. The Kier molecular flexibility index (Phi) is 5.25. The minimum Gasteiger partial charge on any atom is -0.494 e. The van der Waals surface area contributed by atoms with Crippen molar-refractivity contribution in [3.05, 3.63) is 29.6 Å². The molecule has 1 N–H and O–H groups in total. The van der Waals surface area contributed by atoms with Crippen LogP contribution in [0.3, 0.4) is 0 Å². The lowest BCUT2D eigenvalue weighted by Crippen LogP contribution is -2.36. The predicted octanol–water partition coefficient (Wildman–Crippen LogP) is 1.33. The van der Waals surface area contributed by atoms with Crippen LogP contribution < -0.4 is 4.74 Å². The number of ketones is 1. The monoisotopic (exact) mass is 255 g/mol. The molecule has 0 radical (unpaired) electrons. The van der Waals surface area contributed by atoms with Crippen LogP contribution in [0.25, 0.3) is 0 Å². The van der Waals surface area contributed by atoms with Crippen LogP contribution in [0.1, 0.15) is 17.3 Å². The summed E-state index contributed by atoms with van der Waals surface area (Å²) < 4.78 is 18.2. The zero-order valence-corrected chi connectivity index (χ0v) is 10.8. The first-order valence-electron chi connectivity index (χ1n) is 5.67. The van der Waals surface area contributed by atoms with Crippen LogP contribution in [0.15, 0.2) is 18.2 Å². The van der Waals surface area contributed by atoms with Crippen molar-refractivity contribution < 1.29 is 19.0 Å². The Bertz CT molecular complexity index is 423. The smallest absolute Gasteiger partial charge is 0.176 e. The van der Waals surface area contributed by atoms with Crippen molar-refractivity contribution in [2.75, 3.05) is 27.3 Å². The maximum Gasteiger partial charge on any atom is 0.176 e. The van der Waals surface area contributed by atoms with E-state index in [0.717, 1.165) is 0 Å². The first-order chi connectivity index (χ1) is 8.49. The summed E-state index contributed by atoms with van der Waals surface area (Å²) in [4.78, 5) is 13.6. The number of likely N-dealkylation sites (N-methyl/N-ethyl adjacent to an activating group) is 1. The fraction of sp³-hybridized carbons (Fsp3) is 0.462. The summed E-state index contributed by atoms with van der Waals surface area (Å²) in [5.74, 6) is -0.635. The van der Waals surface area contributed by atoms with Crippen LogP contribution >= 0.6 is 0 Å². The lowest BCUT2D eigenvalue weighted by atomic mass is 10.1. The number of halogens is 1. The van der Waals surface area contributed by atoms with Gasteiger partial charge in [-0.2, -0.15) is 0 Å². The van der Waals surface area contributed by atoms with E-state index in [4.69, 9.17) is 9.84 Å². The van der Waals surface area contributed by atoms with Crippen molar-refractivity contribution in [2.45, 2.75) is 13.0 Å². The molecule has 0 saturated heterocycles. The molecule has 0 amide bonds. The number of aliphatic hydroxyl groups is 1. The molecular formula is C13H18FNO3. The molecule has 100 valence electrons. The number of rotatable bonds is 6. The molecule has 0 saturated carbocycles. The average Bonchev–Trinajstić information content (AvgIpc) is 2.37. The van der Waals surface area contributed by atoms with E-state index < -0.39 is 5.82 Å². The minimum absolute atomic E-state index is 0.0270. The Morgan fingerprint density at radius 3 is 2.72 bits per heavy atom. The Hall–Kier alpha value is -1.46. The molecule has 0 bridgehead atoms. The highest BCUT2D eigenvalue weighted by atomic mass is 19.1. The Balaban J connectivity index is 2.76. The van der Waals surface area contributed by atoms with Crippen molar-refractivity contribution >= 4 is 5.78 Å². The predicted molar refractivity (Wildman–Crippen MR) is 66.5 cm³/mol. The second-order valence-corrected chi connectivity index (χ2v) is 4.22. The number of aliphatic hydroxyl groups excluding tert-OH is 1. The van der Waals surface area contributed by atoms with Crippen molar-refractivity contribution in [1.29, 1.82) is 0 Å². The SMILES string of the molecule is COc1ccc(C(=O)CN(C)C(C)CO)cc1F. The zero-order chi connectivity index (χ0) is 13.7. The van der Waals surface area contributed by atoms with E-state index in [0.29, 0.717) is 5.56 Å². The molecule has 1 aromatic carbocycles. The highest BCUT2D eigenvalue weighted by molar-refractivity contribution is 5.97. The van der Waals surface area contributed by atoms with Crippen LogP contribution in [0.4, 0.5) is 4.39 Å². The maximum atomic E-state index is 13.4. The van der Waals surface area contributed by atoms with E-state index in [9.17, 15) is 9.18 Å². The summed E-state index contributed by atoms with van der Waals surface area (Å²) >= 11 is 0. The average molecular weight is 255 g/mol.